The van der Waals surface area contributed by atoms with Crippen molar-refractivity contribution in [3.63, 3.8) is 0 Å². The van der Waals surface area contributed by atoms with Crippen LogP contribution in [0.25, 0.3) is 0 Å². The highest BCUT2D eigenvalue weighted by atomic mass is 16.2. The molecule has 1 fully saturated rings. The second-order valence-corrected chi connectivity index (χ2v) is 5.83. The van der Waals surface area contributed by atoms with Crippen molar-refractivity contribution in [1.82, 2.24) is 15.1 Å². The van der Waals surface area contributed by atoms with Gasteiger partial charge in [0.2, 0.25) is 5.91 Å². The van der Waals surface area contributed by atoms with Gasteiger partial charge in [-0.1, -0.05) is 31.2 Å². The molecule has 0 radical (unpaired) electrons. The summed E-state index contributed by atoms with van der Waals surface area (Å²) in [5.41, 5.74) is 2.77. The maximum absolute atomic E-state index is 11.7. The molecule has 0 saturated carbocycles. The highest BCUT2D eigenvalue weighted by Crippen LogP contribution is 2.12. The van der Waals surface area contributed by atoms with E-state index in [4.69, 9.17) is 0 Å². The Hall–Kier alpha value is -1.39. The number of carbonyl (C=O) groups excluding carboxylic acids is 1. The van der Waals surface area contributed by atoms with Crippen LogP contribution < -0.4 is 5.32 Å². The molecule has 1 saturated heterocycles. The average molecular weight is 289 g/mol. The summed E-state index contributed by atoms with van der Waals surface area (Å²) in [7, 11) is 0. The SMILES string of the molecule is CCCNC(=O)CN1CCN(Cc2ccccc2C)CC1. The second kappa shape index (κ2) is 8.15. The standard InChI is InChI=1S/C17H27N3O/c1-3-8-18-17(21)14-20-11-9-19(10-12-20)13-16-7-5-4-6-15(16)2/h4-7H,3,8-14H2,1-2H3,(H,18,21). The maximum atomic E-state index is 11.7. The number of rotatable bonds is 6. The van der Waals surface area contributed by atoms with Crippen molar-refractivity contribution in [3.8, 4) is 0 Å². The third-order valence-corrected chi connectivity index (χ3v) is 4.06. The van der Waals surface area contributed by atoms with Gasteiger partial charge in [-0.25, -0.2) is 0 Å². The van der Waals surface area contributed by atoms with Crippen molar-refractivity contribution in [2.45, 2.75) is 26.8 Å². The van der Waals surface area contributed by atoms with E-state index in [1.165, 1.54) is 11.1 Å². The van der Waals surface area contributed by atoms with Crippen molar-refractivity contribution in [3.05, 3.63) is 35.4 Å². The Kier molecular flexibility index (Phi) is 6.21. The van der Waals surface area contributed by atoms with Gasteiger partial charge in [0.05, 0.1) is 6.54 Å². The average Bonchev–Trinajstić information content (AvgIpc) is 2.49. The third-order valence-electron chi connectivity index (χ3n) is 4.06. The minimum atomic E-state index is 0.157. The molecule has 0 unspecified atom stereocenters. The van der Waals surface area contributed by atoms with E-state index in [1.54, 1.807) is 0 Å². The topological polar surface area (TPSA) is 35.6 Å². The number of carbonyl (C=O) groups is 1. The summed E-state index contributed by atoms with van der Waals surface area (Å²) in [5.74, 6) is 0.157. The van der Waals surface area contributed by atoms with Gasteiger partial charge in [0.1, 0.15) is 0 Å². The first kappa shape index (κ1) is 16.0. The van der Waals surface area contributed by atoms with Gasteiger partial charge in [-0.05, 0) is 24.5 Å². The van der Waals surface area contributed by atoms with Gasteiger partial charge in [0.25, 0.3) is 0 Å². The highest BCUT2D eigenvalue weighted by Gasteiger charge is 2.19. The molecular weight excluding hydrogens is 262 g/mol. The monoisotopic (exact) mass is 289 g/mol. The van der Waals surface area contributed by atoms with E-state index >= 15 is 0 Å². The lowest BCUT2D eigenvalue weighted by atomic mass is 10.1. The number of hydrogen-bond donors (Lipinski definition) is 1. The quantitative estimate of drug-likeness (QED) is 0.865. The largest absolute Gasteiger partial charge is 0.355 e. The molecule has 0 spiro atoms. The van der Waals surface area contributed by atoms with Crippen LogP contribution in [0.1, 0.15) is 24.5 Å². The zero-order chi connectivity index (χ0) is 15.1. The molecule has 0 atom stereocenters. The van der Waals surface area contributed by atoms with Gasteiger partial charge in [0, 0.05) is 39.3 Å². The zero-order valence-electron chi connectivity index (χ0n) is 13.3. The maximum Gasteiger partial charge on any atom is 0.234 e. The lowest BCUT2D eigenvalue weighted by Gasteiger charge is -2.34. The number of benzene rings is 1. The molecule has 116 valence electrons. The number of nitrogens with one attached hydrogen (secondary N) is 1. The molecule has 1 aliphatic rings. The summed E-state index contributed by atoms with van der Waals surface area (Å²) >= 11 is 0. The minimum absolute atomic E-state index is 0.157. The Bertz CT molecular complexity index is 453. The van der Waals surface area contributed by atoms with Gasteiger partial charge in [-0.2, -0.15) is 0 Å². The van der Waals surface area contributed by atoms with E-state index in [0.717, 1.165) is 45.7 Å². The molecule has 1 aromatic carbocycles. The Balaban J connectivity index is 1.73. The van der Waals surface area contributed by atoms with E-state index in [-0.39, 0.29) is 5.91 Å². The van der Waals surface area contributed by atoms with Gasteiger partial charge in [0.15, 0.2) is 0 Å². The van der Waals surface area contributed by atoms with Crippen LogP contribution >= 0.6 is 0 Å². The molecule has 1 heterocycles. The lowest BCUT2D eigenvalue weighted by Crippen LogP contribution is -2.49. The normalized spacial score (nSPS) is 16.9. The fourth-order valence-corrected chi connectivity index (χ4v) is 2.66. The van der Waals surface area contributed by atoms with Gasteiger partial charge in [-0.3, -0.25) is 14.6 Å². The van der Waals surface area contributed by atoms with Crippen LogP contribution in [0.4, 0.5) is 0 Å². The van der Waals surface area contributed by atoms with Crippen LogP contribution in [0.2, 0.25) is 0 Å². The van der Waals surface area contributed by atoms with E-state index in [2.05, 4.69) is 53.2 Å². The summed E-state index contributed by atoms with van der Waals surface area (Å²) in [4.78, 5) is 16.4. The molecule has 1 aromatic rings. The molecule has 4 nitrogen and oxygen atoms in total. The number of amides is 1. The first-order valence-corrected chi connectivity index (χ1v) is 7.95. The van der Waals surface area contributed by atoms with Gasteiger partial charge >= 0.3 is 0 Å². The molecule has 2 rings (SSSR count). The summed E-state index contributed by atoms with van der Waals surface area (Å²) in [6.45, 7) is 10.6. The van der Waals surface area contributed by atoms with Crippen LogP contribution in [0.3, 0.4) is 0 Å². The first-order valence-electron chi connectivity index (χ1n) is 7.95. The fourth-order valence-electron chi connectivity index (χ4n) is 2.66. The number of hydrogen-bond acceptors (Lipinski definition) is 3. The van der Waals surface area contributed by atoms with Crippen molar-refractivity contribution in [1.29, 1.82) is 0 Å². The molecule has 1 aliphatic heterocycles. The zero-order valence-corrected chi connectivity index (χ0v) is 13.3. The second-order valence-electron chi connectivity index (χ2n) is 5.83. The summed E-state index contributed by atoms with van der Waals surface area (Å²) in [5, 5.41) is 2.94. The van der Waals surface area contributed by atoms with Crippen LogP contribution in [0.5, 0.6) is 0 Å². The van der Waals surface area contributed by atoms with Crippen molar-refractivity contribution in [2.75, 3.05) is 39.3 Å². The van der Waals surface area contributed by atoms with E-state index in [0.29, 0.717) is 6.54 Å². The molecule has 0 aliphatic carbocycles. The third kappa shape index (κ3) is 5.14. The van der Waals surface area contributed by atoms with Crippen LogP contribution in [-0.4, -0.2) is 55.0 Å². The summed E-state index contributed by atoms with van der Waals surface area (Å²) in [6, 6.07) is 8.58. The van der Waals surface area contributed by atoms with Gasteiger partial charge in [-0.15, -0.1) is 0 Å². The van der Waals surface area contributed by atoms with Crippen LogP contribution in [-0.2, 0) is 11.3 Å². The van der Waals surface area contributed by atoms with Crippen LogP contribution in [0.15, 0.2) is 24.3 Å². The Morgan fingerprint density at radius 3 is 2.48 bits per heavy atom. The predicted octanol–water partition coefficient (Wildman–Crippen LogP) is 1.64. The van der Waals surface area contributed by atoms with Crippen molar-refractivity contribution >= 4 is 5.91 Å². The van der Waals surface area contributed by atoms with E-state index < -0.39 is 0 Å². The van der Waals surface area contributed by atoms with Crippen LogP contribution in [0, 0.1) is 6.92 Å². The van der Waals surface area contributed by atoms with Crippen molar-refractivity contribution in [2.24, 2.45) is 0 Å². The smallest absolute Gasteiger partial charge is 0.234 e. The number of piperazine rings is 1. The molecule has 1 amide bonds. The summed E-state index contributed by atoms with van der Waals surface area (Å²) in [6.07, 6.45) is 0.996. The van der Waals surface area contributed by atoms with E-state index in [1.807, 2.05) is 0 Å². The predicted molar refractivity (Wildman–Crippen MR) is 86.2 cm³/mol. The molecule has 1 N–H and O–H groups in total. The van der Waals surface area contributed by atoms with Crippen molar-refractivity contribution < 1.29 is 4.79 Å². The van der Waals surface area contributed by atoms with Gasteiger partial charge < -0.3 is 5.32 Å². The fraction of sp³-hybridized carbons (Fsp3) is 0.588. The number of aryl methyl sites for hydroxylation is 1. The van der Waals surface area contributed by atoms with E-state index in [9.17, 15) is 4.79 Å². The summed E-state index contributed by atoms with van der Waals surface area (Å²) < 4.78 is 0. The molecule has 0 bridgehead atoms. The Morgan fingerprint density at radius 1 is 1.14 bits per heavy atom. The molecule has 4 heteroatoms. The first-order chi connectivity index (χ1) is 10.2. The molecular formula is C17H27N3O. The Labute approximate surface area is 128 Å². The number of nitrogens with zero attached hydrogens (tertiary/aromatic N) is 2. The highest BCUT2D eigenvalue weighted by molar-refractivity contribution is 5.77. The Morgan fingerprint density at radius 2 is 1.81 bits per heavy atom. The molecule has 21 heavy (non-hydrogen) atoms. The minimum Gasteiger partial charge on any atom is -0.355 e. The lowest BCUT2D eigenvalue weighted by molar-refractivity contribution is -0.122. The molecule has 0 aromatic heterocycles.